The zero-order valence-electron chi connectivity index (χ0n) is 11.0. The molecule has 1 saturated carbocycles. The lowest BCUT2D eigenvalue weighted by Crippen LogP contribution is -2.14. The number of benzene rings is 1. The first-order valence-corrected chi connectivity index (χ1v) is 7.58. The Morgan fingerprint density at radius 1 is 1.32 bits per heavy atom. The van der Waals surface area contributed by atoms with E-state index in [1.807, 2.05) is 11.7 Å². The molecule has 1 heterocycles. The van der Waals surface area contributed by atoms with E-state index in [0.29, 0.717) is 0 Å². The summed E-state index contributed by atoms with van der Waals surface area (Å²) in [7, 11) is 1.93. The smallest absolute Gasteiger partial charge is 0.138 e. The third kappa shape index (κ3) is 3.58. The summed E-state index contributed by atoms with van der Waals surface area (Å²) < 4.78 is 1.82. The van der Waals surface area contributed by atoms with Crippen LogP contribution in [-0.2, 0) is 19.3 Å². The third-order valence-electron chi connectivity index (χ3n) is 3.27. The van der Waals surface area contributed by atoms with Crippen LogP contribution in [0.15, 0.2) is 35.5 Å². The van der Waals surface area contributed by atoms with Gasteiger partial charge in [0.15, 0.2) is 0 Å². The molecule has 1 aliphatic rings. The molecule has 0 aliphatic heterocycles. The molecule has 0 bridgehead atoms. The van der Waals surface area contributed by atoms with Gasteiger partial charge in [0, 0.05) is 24.5 Å². The van der Waals surface area contributed by atoms with Crippen molar-refractivity contribution in [3.8, 4) is 0 Å². The van der Waals surface area contributed by atoms with E-state index in [4.69, 9.17) is 0 Å². The van der Waals surface area contributed by atoms with Crippen molar-refractivity contribution in [1.29, 1.82) is 0 Å². The fraction of sp³-hybridized carbons (Fsp3) is 0.429. The fourth-order valence-corrected chi connectivity index (χ4v) is 2.74. The lowest BCUT2D eigenvalue weighted by Gasteiger charge is -2.05. The van der Waals surface area contributed by atoms with Crippen LogP contribution in [0.5, 0.6) is 0 Å². The quantitative estimate of drug-likeness (QED) is 0.821. The molecule has 0 radical (unpaired) electrons. The maximum Gasteiger partial charge on any atom is 0.138 e. The number of hydrogen-bond acceptors (Lipinski definition) is 4. The summed E-state index contributed by atoms with van der Waals surface area (Å²) in [5, 5.41) is 7.60. The Labute approximate surface area is 117 Å². The molecule has 0 spiro atoms. The average Bonchev–Trinajstić information content (AvgIpc) is 3.18. The van der Waals surface area contributed by atoms with Gasteiger partial charge in [-0.15, -0.1) is 11.8 Å². The van der Waals surface area contributed by atoms with Crippen molar-refractivity contribution in [2.24, 2.45) is 7.05 Å². The summed E-state index contributed by atoms with van der Waals surface area (Å²) in [6, 6.07) is 9.54. The van der Waals surface area contributed by atoms with Crippen LogP contribution in [0.3, 0.4) is 0 Å². The van der Waals surface area contributed by atoms with Crippen LogP contribution >= 0.6 is 11.8 Å². The first-order valence-electron chi connectivity index (χ1n) is 6.59. The third-order valence-corrected chi connectivity index (χ3v) is 4.28. The Balaban J connectivity index is 1.52. The maximum atomic E-state index is 4.23. The van der Waals surface area contributed by atoms with E-state index in [9.17, 15) is 0 Å². The van der Waals surface area contributed by atoms with E-state index in [-0.39, 0.29) is 0 Å². The summed E-state index contributed by atoms with van der Waals surface area (Å²) in [6.07, 6.45) is 4.28. The Morgan fingerprint density at radius 3 is 2.74 bits per heavy atom. The van der Waals surface area contributed by atoms with Gasteiger partial charge in [0.1, 0.15) is 12.2 Å². The molecule has 4 nitrogen and oxygen atoms in total. The molecule has 1 fully saturated rings. The molecule has 1 aromatic carbocycles. The minimum Gasteiger partial charge on any atom is -0.310 e. The molecule has 1 N–H and O–H groups in total. The molecule has 100 valence electrons. The molecule has 19 heavy (non-hydrogen) atoms. The van der Waals surface area contributed by atoms with Gasteiger partial charge >= 0.3 is 0 Å². The van der Waals surface area contributed by atoms with Crippen molar-refractivity contribution in [2.45, 2.75) is 36.1 Å². The minimum absolute atomic E-state index is 0.768. The lowest BCUT2D eigenvalue weighted by molar-refractivity contribution is 0.687. The zero-order chi connectivity index (χ0) is 13.1. The van der Waals surface area contributed by atoms with E-state index in [1.165, 1.54) is 23.3 Å². The van der Waals surface area contributed by atoms with Crippen LogP contribution in [0.2, 0.25) is 0 Å². The standard InChI is InChI=1S/C14H18N4S/c1-18-14(16-10-17-18)9-19-13-6-2-11(3-7-13)8-15-12-4-5-12/h2-3,6-7,10,12,15H,4-5,8-9H2,1H3. The minimum atomic E-state index is 0.768. The molecule has 0 saturated heterocycles. The Hall–Kier alpha value is -1.33. The number of thioether (sulfide) groups is 1. The van der Waals surface area contributed by atoms with Gasteiger partial charge in [-0.05, 0) is 30.5 Å². The van der Waals surface area contributed by atoms with Crippen LogP contribution in [0, 0.1) is 0 Å². The van der Waals surface area contributed by atoms with Crippen LogP contribution < -0.4 is 5.32 Å². The first-order chi connectivity index (χ1) is 9.31. The second-order valence-corrected chi connectivity index (χ2v) is 5.94. The van der Waals surface area contributed by atoms with Crippen molar-refractivity contribution in [2.75, 3.05) is 0 Å². The average molecular weight is 274 g/mol. The van der Waals surface area contributed by atoms with E-state index >= 15 is 0 Å². The maximum absolute atomic E-state index is 4.23. The Kier molecular flexibility index (Phi) is 3.84. The number of aryl methyl sites for hydroxylation is 1. The second kappa shape index (κ2) is 5.75. The van der Waals surface area contributed by atoms with E-state index in [0.717, 1.165) is 24.2 Å². The summed E-state index contributed by atoms with van der Waals surface area (Å²) >= 11 is 1.79. The molecule has 3 rings (SSSR count). The van der Waals surface area contributed by atoms with Crippen LogP contribution in [0.1, 0.15) is 24.2 Å². The molecule has 0 unspecified atom stereocenters. The van der Waals surface area contributed by atoms with Gasteiger partial charge in [0.25, 0.3) is 0 Å². The van der Waals surface area contributed by atoms with Gasteiger partial charge < -0.3 is 5.32 Å². The summed E-state index contributed by atoms with van der Waals surface area (Å²) in [5.74, 6) is 1.86. The van der Waals surface area contributed by atoms with Crippen LogP contribution in [0.4, 0.5) is 0 Å². The molecule has 2 aromatic rings. The van der Waals surface area contributed by atoms with Crippen molar-refractivity contribution < 1.29 is 0 Å². The fourth-order valence-electron chi connectivity index (χ4n) is 1.85. The normalized spacial score (nSPS) is 14.8. The molecular formula is C14H18N4S. The number of hydrogen-bond donors (Lipinski definition) is 1. The van der Waals surface area contributed by atoms with Crippen LogP contribution in [-0.4, -0.2) is 20.8 Å². The van der Waals surface area contributed by atoms with Gasteiger partial charge in [0.2, 0.25) is 0 Å². The largest absolute Gasteiger partial charge is 0.310 e. The van der Waals surface area contributed by atoms with Gasteiger partial charge in [-0.25, -0.2) is 4.98 Å². The molecule has 1 aromatic heterocycles. The monoisotopic (exact) mass is 274 g/mol. The van der Waals surface area contributed by atoms with Crippen LogP contribution in [0.25, 0.3) is 0 Å². The SMILES string of the molecule is Cn1ncnc1CSc1ccc(CNC2CC2)cc1. The van der Waals surface area contributed by atoms with Gasteiger partial charge in [-0.2, -0.15) is 5.10 Å². The van der Waals surface area contributed by atoms with E-state index in [1.54, 1.807) is 18.1 Å². The molecule has 5 heteroatoms. The predicted molar refractivity (Wildman–Crippen MR) is 76.9 cm³/mol. The van der Waals surface area contributed by atoms with E-state index in [2.05, 4.69) is 39.7 Å². The first kappa shape index (κ1) is 12.7. The number of aromatic nitrogens is 3. The van der Waals surface area contributed by atoms with Crippen molar-refractivity contribution in [1.82, 2.24) is 20.1 Å². The number of nitrogens with one attached hydrogen (secondary N) is 1. The molecule has 1 aliphatic carbocycles. The highest BCUT2D eigenvalue weighted by atomic mass is 32.2. The molecule has 0 amide bonds. The number of nitrogens with zero attached hydrogens (tertiary/aromatic N) is 3. The van der Waals surface area contributed by atoms with E-state index < -0.39 is 0 Å². The number of rotatable bonds is 6. The highest BCUT2D eigenvalue weighted by molar-refractivity contribution is 7.98. The summed E-state index contributed by atoms with van der Waals surface area (Å²) in [4.78, 5) is 5.50. The lowest BCUT2D eigenvalue weighted by atomic mass is 10.2. The van der Waals surface area contributed by atoms with Gasteiger partial charge in [-0.1, -0.05) is 12.1 Å². The van der Waals surface area contributed by atoms with Crippen molar-refractivity contribution >= 4 is 11.8 Å². The molecule has 0 atom stereocenters. The Bertz CT molecular complexity index is 531. The summed E-state index contributed by atoms with van der Waals surface area (Å²) in [6.45, 7) is 0.985. The predicted octanol–water partition coefficient (Wildman–Crippen LogP) is 2.36. The van der Waals surface area contributed by atoms with Crippen molar-refractivity contribution in [3.63, 3.8) is 0 Å². The van der Waals surface area contributed by atoms with Gasteiger partial charge in [0.05, 0.1) is 5.75 Å². The molecular weight excluding hydrogens is 256 g/mol. The summed E-state index contributed by atoms with van der Waals surface area (Å²) in [5.41, 5.74) is 1.36. The highest BCUT2D eigenvalue weighted by Gasteiger charge is 2.19. The van der Waals surface area contributed by atoms with Crippen molar-refractivity contribution in [3.05, 3.63) is 42.0 Å². The zero-order valence-corrected chi connectivity index (χ0v) is 11.9. The highest BCUT2D eigenvalue weighted by Crippen LogP contribution is 2.23. The second-order valence-electron chi connectivity index (χ2n) is 4.89. The topological polar surface area (TPSA) is 42.7 Å². The Morgan fingerprint density at radius 2 is 2.11 bits per heavy atom. The van der Waals surface area contributed by atoms with Gasteiger partial charge in [-0.3, -0.25) is 4.68 Å².